The second-order valence-corrected chi connectivity index (χ2v) is 6.46. The lowest BCUT2D eigenvalue weighted by atomic mass is 9.91. The first-order valence-corrected chi connectivity index (χ1v) is 7.37. The molecule has 24 heavy (non-hydrogen) atoms. The maximum Gasteiger partial charge on any atom is 0.274 e. The molecule has 0 saturated heterocycles. The van der Waals surface area contributed by atoms with Crippen LogP contribution in [0.15, 0.2) is 36.5 Å². The topological polar surface area (TPSA) is 59.3 Å². The average Bonchev–Trinajstić information content (AvgIpc) is 2.97. The maximum atomic E-state index is 13.3. The van der Waals surface area contributed by atoms with Crippen molar-refractivity contribution in [1.82, 2.24) is 14.6 Å². The van der Waals surface area contributed by atoms with Crippen LogP contribution in [0, 0.1) is 11.6 Å². The smallest absolute Gasteiger partial charge is 0.274 e. The second kappa shape index (κ2) is 5.67. The number of fused-ring (bicyclic) bond motifs is 1. The van der Waals surface area contributed by atoms with Crippen LogP contribution in [0.1, 0.15) is 37.0 Å². The van der Waals surface area contributed by atoms with Gasteiger partial charge < -0.3 is 5.32 Å². The van der Waals surface area contributed by atoms with Crippen LogP contribution in [0.4, 0.5) is 14.5 Å². The van der Waals surface area contributed by atoms with E-state index in [2.05, 4.69) is 15.4 Å². The van der Waals surface area contributed by atoms with Crippen molar-refractivity contribution in [1.29, 1.82) is 0 Å². The number of amides is 1. The van der Waals surface area contributed by atoms with Gasteiger partial charge in [0.05, 0.1) is 11.9 Å². The number of hydrogen-bond donors (Lipinski definition) is 1. The molecule has 7 heteroatoms. The Kier molecular flexibility index (Phi) is 3.79. The Morgan fingerprint density at radius 1 is 1.12 bits per heavy atom. The van der Waals surface area contributed by atoms with E-state index in [1.54, 1.807) is 22.8 Å². The van der Waals surface area contributed by atoms with Gasteiger partial charge in [-0.3, -0.25) is 4.79 Å². The van der Waals surface area contributed by atoms with Crippen molar-refractivity contribution in [2.45, 2.75) is 26.2 Å². The van der Waals surface area contributed by atoms with E-state index in [0.717, 1.165) is 17.8 Å². The van der Waals surface area contributed by atoms with Crippen molar-refractivity contribution >= 4 is 17.2 Å². The number of halogens is 2. The second-order valence-electron chi connectivity index (χ2n) is 6.46. The van der Waals surface area contributed by atoms with Crippen molar-refractivity contribution in [3.63, 3.8) is 0 Å². The molecule has 2 aromatic heterocycles. The van der Waals surface area contributed by atoms with Crippen LogP contribution in [-0.2, 0) is 5.41 Å². The summed E-state index contributed by atoms with van der Waals surface area (Å²) in [5.41, 5.74) is 1.43. The number of nitrogens with zero attached hydrogens (tertiary/aromatic N) is 3. The van der Waals surface area contributed by atoms with Gasteiger partial charge in [0, 0.05) is 23.2 Å². The number of carbonyl (C=O) groups excluding carboxylic acids is 1. The summed E-state index contributed by atoms with van der Waals surface area (Å²) in [6.45, 7) is 6.00. The zero-order valence-corrected chi connectivity index (χ0v) is 13.5. The third-order valence-electron chi connectivity index (χ3n) is 3.54. The lowest BCUT2D eigenvalue weighted by Gasteiger charge is -2.20. The number of benzene rings is 1. The first-order chi connectivity index (χ1) is 11.3. The first-order valence-electron chi connectivity index (χ1n) is 7.37. The highest BCUT2D eigenvalue weighted by molar-refractivity contribution is 6.03. The number of hydrogen-bond acceptors (Lipinski definition) is 3. The largest absolute Gasteiger partial charge is 0.321 e. The number of rotatable bonds is 2. The number of anilines is 1. The minimum absolute atomic E-state index is 0.159. The summed E-state index contributed by atoms with van der Waals surface area (Å²) in [4.78, 5) is 16.7. The normalized spacial score (nSPS) is 11.7. The monoisotopic (exact) mass is 330 g/mol. The van der Waals surface area contributed by atoms with Gasteiger partial charge in [0.15, 0.2) is 17.3 Å². The predicted octanol–water partition coefficient (Wildman–Crippen LogP) is 3.56. The van der Waals surface area contributed by atoms with Gasteiger partial charge in [0.25, 0.3) is 5.91 Å². The van der Waals surface area contributed by atoms with E-state index in [4.69, 9.17) is 0 Å². The molecule has 0 atom stereocenters. The standard InChI is InChI=1S/C17H16F2N4O/c1-17(2,3)14-9-13(22-15-6-7-20-23(14)15)16(24)21-10-4-5-11(18)12(19)8-10/h4-9H,1-3H3,(H,21,24). The molecule has 0 fully saturated rings. The molecule has 0 aliphatic carbocycles. The molecule has 1 aromatic carbocycles. The molecule has 0 saturated carbocycles. The number of nitrogens with one attached hydrogen (secondary N) is 1. The van der Waals surface area contributed by atoms with Crippen molar-refractivity contribution < 1.29 is 13.6 Å². The van der Waals surface area contributed by atoms with E-state index < -0.39 is 17.5 Å². The third-order valence-corrected chi connectivity index (χ3v) is 3.54. The molecule has 0 spiro atoms. The van der Waals surface area contributed by atoms with Gasteiger partial charge in [-0.2, -0.15) is 5.10 Å². The molecule has 0 aliphatic rings. The zero-order chi connectivity index (χ0) is 17.5. The van der Waals surface area contributed by atoms with Gasteiger partial charge in [-0.25, -0.2) is 18.3 Å². The minimum atomic E-state index is -1.03. The van der Waals surface area contributed by atoms with Crippen molar-refractivity contribution in [2.75, 3.05) is 5.32 Å². The van der Waals surface area contributed by atoms with E-state index in [-0.39, 0.29) is 16.8 Å². The SMILES string of the molecule is CC(C)(C)c1cc(C(=O)Nc2ccc(F)c(F)c2)nc2ccnn12. The molecule has 0 bridgehead atoms. The molecule has 0 unspecified atom stereocenters. The summed E-state index contributed by atoms with van der Waals surface area (Å²) in [7, 11) is 0. The van der Waals surface area contributed by atoms with E-state index in [9.17, 15) is 13.6 Å². The molecule has 1 N–H and O–H groups in total. The highest BCUT2D eigenvalue weighted by Gasteiger charge is 2.22. The molecule has 2 heterocycles. The fourth-order valence-electron chi connectivity index (χ4n) is 2.33. The Balaban J connectivity index is 1.99. The quantitative estimate of drug-likeness (QED) is 0.781. The van der Waals surface area contributed by atoms with Crippen molar-refractivity contribution in [3.05, 3.63) is 59.6 Å². The van der Waals surface area contributed by atoms with Crippen LogP contribution in [0.5, 0.6) is 0 Å². The molecular weight excluding hydrogens is 314 g/mol. The fourth-order valence-corrected chi connectivity index (χ4v) is 2.33. The van der Waals surface area contributed by atoms with Gasteiger partial charge in [0.2, 0.25) is 0 Å². The van der Waals surface area contributed by atoms with Gasteiger partial charge in [0.1, 0.15) is 5.69 Å². The molecular formula is C17H16F2N4O. The van der Waals surface area contributed by atoms with E-state index >= 15 is 0 Å². The van der Waals surface area contributed by atoms with E-state index in [1.807, 2.05) is 20.8 Å². The summed E-state index contributed by atoms with van der Waals surface area (Å²) < 4.78 is 27.9. The van der Waals surface area contributed by atoms with Crippen molar-refractivity contribution in [3.8, 4) is 0 Å². The van der Waals surface area contributed by atoms with Gasteiger partial charge >= 0.3 is 0 Å². The van der Waals surface area contributed by atoms with Gasteiger partial charge in [-0.1, -0.05) is 20.8 Å². The Hall–Kier alpha value is -2.83. The highest BCUT2D eigenvalue weighted by Crippen LogP contribution is 2.23. The molecule has 0 radical (unpaired) electrons. The fraction of sp³-hybridized carbons (Fsp3) is 0.235. The van der Waals surface area contributed by atoms with Crippen molar-refractivity contribution in [2.24, 2.45) is 0 Å². The Morgan fingerprint density at radius 2 is 1.88 bits per heavy atom. The Bertz CT molecular complexity index is 928. The van der Waals surface area contributed by atoms with Crippen LogP contribution in [-0.4, -0.2) is 20.5 Å². The molecule has 124 valence electrons. The number of carbonyl (C=O) groups is 1. The first kappa shape index (κ1) is 16.0. The van der Waals surface area contributed by atoms with Crippen LogP contribution in [0.2, 0.25) is 0 Å². The van der Waals surface area contributed by atoms with E-state index in [0.29, 0.717) is 5.65 Å². The number of aromatic nitrogens is 3. The lowest BCUT2D eigenvalue weighted by molar-refractivity contribution is 0.102. The zero-order valence-electron chi connectivity index (χ0n) is 13.5. The van der Waals surface area contributed by atoms with Crippen LogP contribution >= 0.6 is 0 Å². The molecule has 0 aliphatic heterocycles. The summed E-state index contributed by atoms with van der Waals surface area (Å²) >= 11 is 0. The molecule has 1 amide bonds. The minimum Gasteiger partial charge on any atom is -0.321 e. The van der Waals surface area contributed by atoms with Crippen LogP contribution in [0.25, 0.3) is 5.65 Å². The molecule has 3 rings (SSSR count). The third kappa shape index (κ3) is 2.97. The van der Waals surface area contributed by atoms with Gasteiger partial charge in [-0.15, -0.1) is 0 Å². The summed E-state index contributed by atoms with van der Waals surface area (Å²) in [6.07, 6.45) is 1.61. The molecule has 5 nitrogen and oxygen atoms in total. The van der Waals surface area contributed by atoms with Crippen LogP contribution < -0.4 is 5.32 Å². The molecule has 3 aromatic rings. The summed E-state index contributed by atoms with van der Waals surface area (Å²) in [6, 6.07) is 6.52. The highest BCUT2D eigenvalue weighted by atomic mass is 19.2. The Morgan fingerprint density at radius 3 is 2.54 bits per heavy atom. The Labute approximate surface area is 137 Å². The van der Waals surface area contributed by atoms with Gasteiger partial charge in [-0.05, 0) is 18.2 Å². The summed E-state index contributed by atoms with van der Waals surface area (Å²) in [5.74, 6) is -2.50. The average molecular weight is 330 g/mol. The van der Waals surface area contributed by atoms with E-state index in [1.165, 1.54) is 6.07 Å². The maximum absolute atomic E-state index is 13.3. The lowest BCUT2D eigenvalue weighted by Crippen LogP contribution is -2.21. The van der Waals surface area contributed by atoms with Crippen LogP contribution in [0.3, 0.4) is 0 Å². The predicted molar refractivity (Wildman–Crippen MR) is 86.0 cm³/mol. The summed E-state index contributed by atoms with van der Waals surface area (Å²) in [5, 5.41) is 6.75.